The summed E-state index contributed by atoms with van der Waals surface area (Å²) in [4.78, 5) is 8.84. The molecule has 1 heterocycles. The molecule has 0 aromatic carbocycles. The molecule has 6 nitrogen and oxygen atoms in total. The summed E-state index contributed by atoms with van der Waals surface area (Å²) in [6, 6.07) is 2.11. The topological polar surface area (TPSA) is 79.3 Å². The Morgan fingerprint density at radius 2 is 2.05 bits per heavy atom. The first-order chi connectivity index (χ1) is 9.73. The zero-order valence-electron chi connectivity index (χ0n) is 12.6. The summed E-state index contributed by atoms with van der Waals surface area (Å²) >= 11 is 0. The Morgan fingerprint density at radius 3 is 2.65 bits per heavy atom. The van der Waals surface area contributed by atoms with Crippen LogP contribution in [-0.4, -0.2) is 41.4 Å². The molecule has 114 valence electrons. The van der Waals surface area contributed by atoms with E-state index in [1.807, 2.05) is 6.07 Å². The first-order valence-corrected chi connectivity index (χ1v) is 7.21. The van der Waals surface area contributed by atoms with Gasteiger partial charge < -0.3 is 20.5 Å². The molecule has 1 rings (SSSR count). The maximum absolute atomic E-state index is 9.05. The minimum absolute atomic E-state index is 0.169. The van der Waals surface area contributed by atoms with Gasteiger partial charge in [0.1, 0.15) is 18.2 Å². The summed E-state index contributed by atoms with van der Waals surface area (Å²) < 4.78 is 5.10. The zero-order chi connectivity index (χ0) is 14.8. The van der Waals surface area contributed by atoms with Crippen molar-refractivity contribution >= 4 is 11.6 Å². The van der Waals surface area contributed by atoms with Crippen LogP contribution >= 0.6 is 0 Å². The van der Waals surface area contributed by atoms with Crippen LogP contribution < -0.4 is 10.6 Å². The molecule has 0 saturated carbocycles. The Kier molecular flexibility index (Phi) is 7.91. The number of methoxy groups -OCH3 is 1. The molecule has 20 heavy (non-hydrogen) atoms. The Balaban J connectivity index is 2.83. The average molecular weight is 282 g/mol. The fourth-order valence-electron chi connectivity index (χ4n) is 1.85. The number of anilines is 2. The van der Waals surface area contributed by atoms with E-state index in [0.717, 1.165) is 31.0 Å². The smallest absolute Gasteiger partial charge is 0.158 e. The highest BCUT2D eigenvalue weighted by molar-refractivity contribution is 5.48. The van der Waals surface area contributed by atoms with Gasteiger partial charge in [-0.1, -0.05) is 13.8 Å². The molecular weight excluding hydrogens is 256 g/mol. The summed E-state index contributed by atoms with van der Waals surface area (Å²) in [5.41, 5.74) is 0. The molecule has 0 saturated heterocycles. The van der Waals surface area contributed by atoms with E-state index in [0.29, 0.717) is 18.9 Å². The lowest BCUT2D eigenvalue weighted by molar-refractivity contribution is 0.178. The van der Waals surface area contributed by atoms with Gasteiger partial charge in [0.2, 0.25) is 0 Å². The monoisotopic (exact) mass is 282 g/mol. The van der Waals surface area contributed by atoms with E-state index in [2.05, 4.69) is 34.4 Å². The Hall–Kier alpha value is -1.40. The number of ether oxygens (including phenoxy) is 1. The second-order valence-corrected chi connectivity index (χ2v) is 4.68. The molecule has 1 atom stereocenters. The van der Waals surface area contributed by atoms with Gasteiger partial charge in [0.05, 0.1) is 0 Å². The molecule has 0 aliphatic carbocycles. The summed E-state index contributed by atoms with van der Waals surface area (Å²) in [6.07, 6.45) is 2.67. The van der Waals surface area contributed by atoms with Gasteiger partial charge in [-0.2, -0.15) is 0 Å². The summed E-state index contributed by atoms with van der Waals surface area (Å²) in [7, 11) is 1.63. The van der Waals surface area contributed by atoms with Crippen molar-refractivity contribution in [2.75, 3.05) is 30.9 Å². The Bertz CT molecular complexity index is 387. The van der Waals surface area contributed by atoms with Gasteiger partial charge in [0.25, 0.3) is 0 Å². The molecule has 3 N–H and O–H groups in total. The minimum atomic E-state index is 0.169. The van der Waals surface area contributed by atoms with Gasteiger partial charge in [-0.25, -0.2) is 9.97 Å². The van der Waals surface area contributed by atoms with Crippen molar-refractivity contribution < 1.29 is 9.84 Å². The van der Waals surface area contributed by atoms with Crippen molar-refractivity contribution in [1.82, 2.24) is 9.97 Å². The van der Waals surface area contributed by atoms with Crippen LogP contribution in [0.15, 0.2) is 6.07 Å². The van der Waals surface area contributed by atoms with Crippen molar-refractivity contribution in [2.45, 2.75) is 45.8 Å². The molecule has 0 aliphatic heterocycles. The number of aromatic nitrogens is 2. The number of hydrogen-bond acceptors (Lipinski definition) is 6. The van der Waals surface area contributed by atoms with Crippen LogP contribution in [0.3, 0.4) is 0 Å². The number of aliphatic hydroxyl groups is 1. The molecule has 6 heteroatoms. The van der Waals surface area contributed by atoms with Crippen molar-refractivity contribution in [3.05, 3.63) is 11.9 Å². The lowest BCUT2D eigenvalue weighted by Gasteiger charge is -2.17. The maximum atomic E-state index is 9.05. The number of nitrogens with one attached hydrogen (secondary N) is 2. The van der Waals surface area contributed by atoms with Crippen LogP contribution in [0.25, 0.3) is 0 Å². The number of hydrogen-bond donors (Lipinski definition) is 3. The third-order valence-corrected chi connectivity index (χ3v) is 2.92. The highest BCUT2D eigenvalue weighted by Crippen LogP contribution is 2.15. The van der Waals surface area contributed by atoms with E-state index in [9.17, 15) is 0 Å². The van der Waals surface area contributed by atoms with Crippen LogP contribution in [0.2, 0.25) is 0 Å². The van der Waals surface area contributed by atoms with Gasteiger partial charge in [-0.15, -0.1) is 0 Å². The summed E-state index contributed by atoms with van der Waals surface area (Å²) in [5, 5.41) is 15.6. The first kappa shape index (κ1) is 16.7. The van der Waals surface area contributed by atoms with E-state index in [-0.39, 0.29) is 12.6 Å². The van der Waals surface area contributed by atoms with Crippen LogP contribution in [0.4, 0.5) is 11.6 Å². The Labute approximate surface area is 121 Å². The zero-order valence-corrected chi connectivity index (χ0v) is 12.6. The largest absolute Gasteiger partial charge is 0.396 e. The number of rotatable bonds is 10. The van der Waals surface area contributed by atoms with Crippen molar-refractivity contribution in [3.63, 3.8) is 0 Å². The lowest BCUT2D eigenvalue weighted by Crippen LogP contribution is -2.21. The van der Waals surface area contributed by atoms with Crippen LogP contribution in [0, 0.1) is 0 Å². The van der Waals surface area contributed by atoms with Crippen LogP contribution in [0.5, 0.6) is 0 Å². The lowest BCUT2D eigenvalue weighted by atomic mass is 10.1. The summed E-state index contributed by atoms with van der Waals surface area (Å²) in [6.45, 7) is 5.62. The molecule has 1 aromatic rings. The van der Waals surface area contributed by atoms with Gasteiger partial charge in [0.15, 0.2) is 5.82 Å². The predicted octanol–water partition coefficient (Wildman–Crippen LogP) is 2.02. The first-order valence-electron chi connectivity index (χ1n) is 7.21. The molecule has 1 unspecified atom stereocenters. The van der Waals surface area contributed by atoms with Gasteiger partial charge >= 0.3 is 0 Å². The predicted molar refractivity (Wildman–Crippen MR) is 80.9 cm³/mol. The molecule has 0 spiro atoms. The summed E-state index contributed by atoms with van der Waals surface area (Å²) in [5.74, 6) is 2.22. The highest BCUT2D eigenvalue weighted by Gasteiger charge is 2.09. The van der Waals surface area contributed by atoms with Gasteiger partial charge in [-0.05, 0) is 19.3 Å². The molecule has 0 bridgehead atoms. The minimum Gasteiger partial charge on any atom is -0.396 e. The molecular formula is C14H26N4O2. The van der Waals surface area contributed by atoms with Gasteiger partial charge in [0, 0.05) is 32.4 Å². The second-order valence-electron chi connectivity index (χ2n) is 4.68. The average Bonchev–Trinajstić information content (AvgIpc) is 2.45. The quantitative estimate of drug-likeness (QED) is 0.609. The van der Waals surface area contributed by atoms with E-state index in [1.165, 1.54) is 0 Å². The van der Waals surface area contributed by atoms with Crippen molar-refractivity contribution in [1.29, 1.82) is 0 Å². The molecule has 1 aromatic heterocycles. The maximum Gasteiger partial charge on any atom is 0.158 e. The third kappa shape index (κ3) is 5.71. The van der Waals surface area contributed by atoms with Gasteiger partial charge in [-0.3, -0.25) is 0 Å². The van der Waals surface area contributed by atoms with Crippen LogP contribution in [-0.2, 0) is 11.3 Å². The SMILES string of the molecule is CCCNc1cc(NC(CC)CCO)nc(COC)n1. The standard InChI is InChI=1S/C14H26N4O2/c1-4-7-15-12-9-13(16-11(5-2)6-8-19)18-14(17-12)10-20-3/h9,11,19H,4-8,10H2,1-3H3,(H2,15,16,17,18). The second kappa shape index (κ2) is 9.50. The van der Waals surface area contributed by atoms with Crippen LogP contribution in [0.1, 0.15) is 38.9 Å². The highest BCUT2D eigenvalue weighted by atomic mass is 16.5. The van der Waals surface area contributed by atoms with E-state index in [4.69, 9.17) is 9.84 Å². The molecule has 0 fully saturated rings. The fraction of sp³-hybridized carbons (Fsp3) is 0.714. The van der Waals surface area contributed by atoms with Crippen molar-refractivity contribution in [3.8, 4) is 0 Å². The number of nitrogens with zero attached hydrogens (tertiary/aromatic N) is 2. The third-order valence-electron chi connectivity index (χ3n) is 2.92. The van der Waals surface area contributed by atoms with Crippen molar-refractivity contribution in [2.24, 2.45) is 0 Å². The number of aliphatic hydroxyl groups excluding tert-OH is 1. The molecule has 0 aliphatic rings. The fourth-order valence-corrected chi connectivity index (χ4v) is 1.85. The molecule has 0 radical (unpaired) electrons. The Morgan fingerprint density at radius 1 is 1.30 bits per heavy atom. The van der Waals surface area contributed by atoms with E-state index in [1.54, 1.807) is 7.11 Å². The van der Waals surface area contributed by atoms with E-state index >= 15 is 0 Å². The van der Waals surface area contributed by atoms with E-state index < -0.39 is 0 Å². The molecule has 0 amide bonds. The normalized spacial score (nSPS) is 12.2.